The maximum absolute atomic E-state index is 12.5. The number of aromatic nitrogens is 3. The van der Waals surface area contributed by atoms with Crippen molar-refractivity contribution in [2.45, 2.75) is 36.1 Å². The predicted octanol–water partition coefficient (Wildman–Crippen LogP) is -6.68. The van der Waals surface area contributed by atoms with E-state index in [1.165, 1.54) is 24.0 Å². The first-order chi connectivity index (χ1) is 9.29. The summed E-state index contributed by atoms with van der Waals surface area (Å²) < 4.78 is 24.6. The molecule has 2 aliphatic heterocycles. The summed E-state index contributed by atoms with van der Waals surface area (Å²) in [5.41, 5.74) is 0. The Morgan fingerprint density at radius 3 is 2.64 bits per heavy atom. The molecule has 22 heavy (non-hydrogen) atoms. The van der Waals surface area contributed by atoms with E-state index in [1.807, 2.05) is 0 Å². The van der Waals surface area contributed by atoms with Crippen LogP contribution in [-0.2, 0) is 26.0 Å². The summed E-state index contributed by atoms with van der Waals surface area (Å²) >= 11 is 0. The number of β-lactam (4-membered cyclic amide) rings is 1. The molecule has 0 spiro atoms. The third-order valence-electron chi connectivity index (χ3n) is 3.98. The normalized spacial score (nSPS) is 31.5. The Hall–Kier alpha value is -1.01. The average molecular weight is 340 g/mol. The van der Waals surface area contributed by atoms with Crippen LogP contribution in [0.15, 0.2) is 12.4 Å². The van der Waals surface area contributed by atoms with E-state index >= 15 is 0 Å². The summed E-state index contributed by atoms with van der Waals surface area (Å²) in [7, 11) is -3.84. The van der Waals surface area contributed by atoms with Crippen LogP contribution < -0.4 is 34.7 Å². The SMILES string of the molecule is C[C@]1(Cn2ccnn2)[C@H](C(=O)[O-])N2C(=O)C[C@@H]2S1(=O)=O.O.[Na+]. The molecule has 1 aromatic heterocycles. The van der Waals surface area contributed by atoms with Crippen molar-refractivity contribution >= 4 is 21.7 Å². The molecule has 2 saturated heterocycles. The van der Waals surface area contributed by atoms with Gasteiger partial charge in [0.2, 0.25) is 5.91 Å². The van der Waals surface area contributed by atoms with Gasteiger partial charge in [0.05, 0.1) is 31.2 Å². The Kier molecular flexibility index (Phi) is 5.10. The van der Waals surface area contributed by atoms with Crippen LogP contribution in [-0.4, -0.2) is 61.8 Å². The van der Waals surface area contributed by atoms with Gasteiger partial charge in [-0.3, -0.25) is 9.48 Å². The van der Waals surface area contributed by atoms with Crippen molar-refractivity contribution in [3.8, 4) is 0 Å². The molecule has 2 fully saturated rings. The maximum Gasteiger partial charge on any atom is 1.00 e. The second-order valence-corrected chi connectivity index (χ2v) is 7.71. The maximum atomic E-state index is 12.5. The van der Waals surface area contributed by atoms with Gasteiger partial charge in [-0.2, -0.15) is 0 Å². The van der Waals surface area contributed by atoms with Crippen LogP contribution in [0.1, 0.15) is 13.3 Å². The first kappa shape index (κ1) is 19.0. The van der Waals surface area contributed by atoms with Gasteiger partial charge in [0.1, 0.15) is 10.1 Å². The number of aliphatic carboxylic acids is 1. The number of carbonyl (C=O) groups is 2. The molecule has 0 aliphatic carbocycles. The molecule has 2 aliphatic rings. The van der Waals surface area contributed by atoms with Gasteiger partial charge in [0, 0.05) is 6.20 Å². The summed E-state index contributed by atoms with van der Waals surface area (Å²) in [6.45, 7) is 1.10. The van der Waals surface area contributed by atoms with Crippen LogP contribution in [0.3, 0.4) is 0 Å². The van der Waals surface area contributed by atoms with Gasteiger partial charge in [-0.15, -0.1) is 5.10 Å². The van der Waals surface area contributed by atoms with E-state index in [2.05, 4.69) is 10.3 Å². The Balaban J connectivity index is 0.00000121. The number of carboxylic acids is 1. The standard InChI is InChI=1S/C10H12N4O5S.Na.H2O/c1-10(5-13-3-2-11-12-13)8(9(16)17)14-6(15)4-7(14)20(10,18)19;;/h2-3,7-8H,4-5H2,1H3,(H,16,17);;1H2/q;+1;/p-1/t7-,8-,10-;;/m0../s1. The molecule has 2 N–H and O–H groups in total. The van der Waals surface area contributed by atoms with E-state index in [9.17, 15) is 23.1 Å². The first-order valence-electron chi connectivity index (χ1n) is 5.88. The number of nitrogens with zero attached hydrogens (tertiary/aromatic N) is 4. The van der Waals surface area contributed by atoms with Crippen LogP contribution in [0.5, 0.6) is 0 Å². The zero-order valence-corrected chi connectivity index (χ0v) is 14.8. The third-order valence-corrected chi connectivity index (χ3v) is 6.75. The van der Waals surface area contributed by atoms with Crippen molar-refractivity contribution in [2.24, 2.45) is 0 Å². The van der Waals surface area contributed by atoms with Crippen LogP contribution >= 0.6 is 0 Å². The summed E-state index contributed by atoms with van der Waals surface area (Å²) in [5.74, 6) is -2.07. The molecule has 3 atom stereocenters. The molecule has 116 valence electrons. The minimum atomic E-state index is -3.84. The molecule has 0 aromatic carbocycles. The molecule has 0 radical (unpaired) electrons. The fraction of sp³-hybridized carbons (Fsp3) is 0.600. The van der Waals surface area contributed by atoms with Crippen molar-refractivity contribution in [1.29, 1.82) is 0 Å². The fourth-order valence-electron chi connectivity index (χ4n) is 2.91. The molecule has 3 rings (SSSR count). The molecule has 3 heterocycles. The van der Waals surface area contributed by atoms with Crippen molar-refractivity contribution in [3.63, 3.8) is 0 Å². The quantitative estimate of drug-likeness (QED) is 0.391. The molecule has 10 nitrogen and oxygen atoms in total. The van der Waals surface area contributed by atoms with Crippen molar-refractivity contribution in [3.05, 3.63) is 12.4 Å². The second kappa shape index (κ2) is 5.89. The average Bonchev–Trinajstić information content (AvgIpc) is 2.87. The number of hydrogen-bond acceptors (Lipinski definition) is 7. The van der Waals surface area contributed by atoms with Crippen LogP contribution in [0, 0.1) is 0 Å². The minimum absolute atomic E-state index is 0. The van der Waals surface area contributed by atoms with Crippen molar-refractivity contribution < 1.29 is 58.1 Å². The van der Waals surface area contributed by atoms with E-state index in [0.29, 0.717) is 0 Å². The molecular formula is C10H13N4NaO6S. The van der Waals surface area contributed by atoms with E-state index in [4.69, 9.17) is 0 Å². The molecule has 0 saturated carbocycles. The second-order valence-electron chi connectivity index (χ2n) is 5.14. The smallest absolute Gasteiger partial charge is 0.548 e. The van der Waals surface area contributed by atoms with Gasteiger partial charge >= 0.3 is 29.6 Å². The number of carboxylic acid groups (broad SMARTS) is 1. The number of carbonyl (C=O) groups excluding carboxylic acids is 2. The molecular weight excluding hydrogens is 327 g/mol. The van der Waals surface area contributed by atoms with Crippen molar-refractivity contribution in [2.75, 3.05) is 0 Å². The number of sulfone groups is 1. The van der Waals surface area contributed by atoms with Gasteiger partial charge in [0.15, 0.2) is 9.84 Å². The molecule has 1 amide bonds. The zero-order valence-electron chi connectivity index (χ0n) is 12.0. The first-order valence-corrected chi connectivity index (χ1v) is 7.43. The van der Waals surface area contributed by atoms with Gasteiger partial charge in [0.25, 0.3) is 0 Å². The van der Waals surface area contributed by atoms with Gasteiger partial charge in [-0.1, -0.05) is 5.21 Å². The van der Waals surface area contributed by atoms with E-state index < -0.39 is 37.9 Å². The predicted molar refractivity (Wildman–Crippen MR) is 65.0 cm³/mol. The zero-order chi connectivity index (χ0) is 14.7. The molecule has 0 unspecified atom stereocenters. The summed E-state index contributed by atoms with van der Waals surface area (Å²) in [6, 6.07) is -1.51. The molecule has 0 bridgehead atoms. The number of hydrogen-bond donors (Lipinski definition) is 0. The summed E-state index contributed by atoms with van der Waals surface area (Å²) in [5, 5.41) is 17.5. The minimum Gasteiger partial charge on any atom is -0.548 e. The van der Waals surface area contributed by atoms with Crippen LogP contribution in [0.25, 0.3) is 0 Å². The van der Waals surface area contributed by atoms with Gasteiger partial charge in [-0.25, -0.2) is 8.42 Å². The number of amides is 1. The Bertz CT molecular complexity index is 692. The molecule has 1 aromatic rings. The van der Waals surface area contributed by atoms with Crippen molar-refractivity contribution in [1.82, 2.24) is 19.9 Å². The fourth-order valence-corrected chi connectivity index (χ4v) is 5.26. The van der Waals surface area contributed by atoms with Crippen LogP contribution in [0.4, 0.5) is 0 Å². The monoisotopic (exact) mass is 340 g/mol. The third kappa shape index (κ3) is 2.27. The Morgan fingerprint density at radius 2 is 2.18 bits per heavy atom. The van der Waals surface area contributed by atoms with E-state index in [0.717, 1.165) is 4.90 Å². The Labute approximate surface area is 148 Å². The topological polar surface area (TPSA) is 157 Å². The van der Waals surface area contributed by atoms with Crippen LogP contribution in [0.2, 0.25) is 0 Å². The number of fused-ring (bicyclic) bond motifs is 1. The van der Waals surface area contributed by atoms with Gasteiger partial charge in [-0.05, 0) is 6.92 Å². The summed E-state index contributed by atoms with van der Waals surface area (Å²) in [6.07, 6.45) is 2.61. The number of rotatable bonds is 3. The van der Waals surface area contributed by atoms with Gasteiger partial charge < -0.3 is 20.3 Å². The summed E-state index contributed by atoms with van der Waals surface area (Å²) in [4.78, 5) is 23.8. The van der Waals surface area contributed by atoms with E-state index in [-0.39, 0.29) is 48.0 Å². The Morgan fingerprint density at radius 1 is 1.55 bits per heavy atom. The molecule has 12 heteroatoms. The van der Waals surface area contributed by atoms with E-state index in [1.54, 1.807) is 0 Å². The largest absolute Gasteiger partial charge is 1.00 e.